The fourth-order valence-corrected chi connectivity index (χ4v) is 4.92. The number of carbonyl (C=O) groups excluding carboxylic acids is 1. The first kappa shape index (κ1) is 20.2. The van der Waals surface area contributed by atoms with E-state index in [4.69, 9.17) is 9.47 Å². The summed E-state index contributed by atoms with van der Waals surface area (Å²) in [5, 5.41) is 0. The van der Waals surface area contributed by atoms with Crippen molar-refractivity contribution in [2.75, 3.05) is 13.2 Å². The second-order valence-electron chi connectivity index (χ2n) is 9.53. The van der Waals surface area contributed by atoms with Crippen molar-refractivity contribution in [2.24, 2.45) is 5.41 Å². The predicted octanol–water partition coefficient (Wildman–Crippen LogP) is 5.04. The monoisotopic (exact) mass is 416 g/mol. The Bertz CT molecular complexity index is 1120. The summed E-state index contributed by atoms with van der Waals surface area (Å²) in [7, 11) is 0. The number of hydrogen-bond acceptors (Lipinski definition) is 4. The van der Waals surface area contributed by atoms with Crippen molar-refractivity contribution in [2.45, 2.75) is 45.8 Å². The van der Waals surface area contributed by atoms with Crippen LogP contribution in [0, 0.1) is 5.41 Å². The van der Waals surface area contributed by atoms with Crippen LogP contribution in [-0.4, -0.2) is 29.0 Å². The molecule has 2 aliphatic rings. The lowest BCUT2D eigenvalue weighted by molar-refractivity contribution is -0.149. The van der Waals surface area contributed by atoms with Crippen LogP contribution in [0.2, 0.25) is 0 Å². The molecule has 5 rings (SSSR count). The first-order valence-electron chi connectivity index (χ1n) is 10.9. The molecule has 1 aliphatic heterocycles. The number of H-pyrrole nitrogens is 1. The number of aromatic amines is 1. The molecule has 0 bridgehead atoms. The zero-order valence-electron chi connectivity index (χ0n) is 18.3. The highest BCUT2D eigenvalue weighted by Gasteiger charge is 2.36. The van der Waals surface area contributed by atoms with Crippen molar-refractivity contribution in [3.8, 4) is 11.3 Å². The fraction of sp³-hybridized carbons (Fsp3) is 0.385. The molecule has 5 heteroatoms. The Labute approximate surface area is 182 Å². The highest BCUT2D eigenvalue weighted by atomic mass is 16.7. The van der Waals surface area contributed by atoms with Crippen LogP contribution in [0.25, 0.3) is 11.3 Å². The second kappa shape index (κ2) is 7.43. The molecule has 160 valence electrons. The third-order valence-corrected chi connectivity index (χ3v) is 6.39. The molecule has 0 spiro atoms. The number of aromatic nitrogens is 2. The molecule has 1 N–H and O–H groups in total. The van der Waals surface area contributed by atoms with Gasteiger partial charge >= 0.3 is 0 Å². The molecule has 1 saturated heterocycles. The highest BCUT2D eigenvalue weighted by Crippen LogP contribution is 2.40. The zero-order chi connectivity index (χ0) is 21.6. The molecular weight excluding hydrogens is 388 g/mol. The molecular formula is C26H28N2O3. The summed E-state index contributed by atoms with van der Waals surface area (Å²) in [4.78, 5) is 21.0. The van der Waals surface area contributed by atoms with Crippen LogP contribution in [0.3, 0.4) is 0 Å². The van der Waals surface area contributed by atoms with E-state index in [2.05, 4.69) is 35.9 Å². The van der Waals surface area contributed by atoms with Crippen LogP contribution < -0.4 is 0 Å². The Morgan fingerprint density at radius 3 is 2.52 bits per heavy atom. The van der Waals surface area contributed by atoms with Gasteiger partial charge in [-0.1, -0.05) is 38.1 Å². The second-order valence-corrected chi connectivity index (χ2v) is 9.53. The van der Waals surface area contributed by atoms with Gasteiger partial charge in [0.15, 0.2) is 11.6 Å². The molecule has 0 amide bonds. The van der Waals surface area contributed by atoms with E-state index >= 15 is 0 Å². The van der Waals surface area contributed by atoms with Crippen molar-refractivity contribution in [3.05, 3.63) is 76.7 Å². The van der Waals surface area contributed by atoms with Gasteiger partial charge < -0.3 is 14.5 Å². The number of nitrogens with one attached hydrogen (secondary N) is 1. The van der Waals surface area contributed by atoms with Crippen LogP contribution in [0.1, 0.15) is 59.9 Å². The molecule has 0 atom stereocenters. The molecule has 1 aliphatic carbocycles. The quantitative estimate of drug-likeness (QED) is 0.647. The van der Waals surface area contributed by atoms with E-state index in [1.54, 1.807) is 12.4 Å². The van der Waals surface area contributed by atoms with Gasteiger partial charge in [-0.05, 0) is 42.0 Å². The molecule has 1 fully saturated rings. The molecule has 5 nitrogen and oxygen atoms in total. The van der Waals surface area contributed by atoms with Gasteiger partial charge in [0.05, 0.1) is 18.9 Å². The maximum absolute atomic E-state index is 13.2. The topological polar surface area (TPSA) is 64.2 Å². The van der Waals surface area contributed by atoms with Crippen LogP contribution in [0.4, 0.5) is 0 Å². The number of Topliss-reactive ketones (excluding diaryl/α,β-unsaturated/α-hetero) is 1. The van der Waals surface area contributed by atoms with Gasteiger partial charge in [-0.2, -0.15) is 0 Å². The Kier molecular flexibility index (Phi) is 4.83. The summed E-state index contributed by atoms with van der Waals surface area (Å²) >= 11 is 0. The van der Waals surface area contributed by atoms with Crippen molar-refractivity contribution in [3.63, 3.8) is 0 Å². The van der Waals surface area contributed by atoms with Crippen molar-refractivity contribution in [1.82, 2.24) is 9.97 Å². The average Bonchev–Trinajstić information content (AvgIpc) is 3.33. The molecule has 31 heavy (non-hydrogen) atoms. The number of carbonyl (C=O) groups is 1. The van der Waals surface area contributed by atoms with E-state index in [0.717, 1.165) is 45.6 Å². The number of ether oxygens (including phenoxy) is 2. The van der Waals surface area contributed by atoms with E-state index in [9.17, 15) is 4.79 Å². The summed E-state index contributed by atoms with van der Waals surface area (Å²) < 4.78 is 11.7. The molecule has 2 aromatic heterocycles. The van der Waals surface area contributed by atoms with Gasteiger partial charge in [0, 0.05) is 47.6 Å². The van der Waals surface area contributed by atoms with Gasteiger partial charge in [-0.25, -0.2) is 0 Å². The lowest BCUT2D eigenvalue weighted by atomic mass is 9.75. The third kappa shape index (κ3) is 3.73. The number of hydrogen-bond donors (Lipinski definition) is 1. The Balaban J connectivity index is 1.59. The third-order valence-electron chi connectivity index (χ3n) is 6.39. The van der Waals surface area contributed by atoms with Gasteiger partial charge in [-0.3, -0.25) is 9.78 Å². The summed E-state index contributed by atoms with van der Waals surface area (Å²) in [5.74, 6) is -0.482. The normalized spacial score (nSPS) is 19.4. The maximum Gasteiger partial charge on any atom is 0.192 e. The van der Waals surface area contributed by atoms with Crippen molar-refractivity contribution >= 4 is 5.78 Å². The lowest BCUT2D eigenvalue weighted by Crippen LogP contribution is -2.27. The first-order valence-corrected chi connectivity index (χ1v) is 10.9. The number of fused-ring (bicyclic) bond motifs is 1. The van der Waals surface area contributed by atoms with Crippen LogP contribution in [0.5, 0.6) is 0 Å². The smallest absolute Gasteiger partial charge is 0.192 e. The van der Waals surface area contributed by atoms with Gasteiger partial charge in [0.25, 0.3) is 0 Å². The van der Waals surface area contributed by atoms with E-state index in [1.807, 2.05) is 31.2 Å². The number of ketones is 1. The number of benzene rings is 1. The van der Waals surface area contributed by atoms with E-state index in [-0.39, 0.29) is 11.2 Å². The minimum absolute atomic E-state index is 0.0343. The van der Waals surface area contributed by atoms with Gasteiger partial charge in [0.1, 0.15) is 0 Å². The Hall–Kier alpha value is -2.76. The molecule has 0 saturated carbocycles. The van der Waals surface area contributed by atoms with Crippen LogP contribution in [-0.2, 0) is 28.1 Å². The van der Waals surface area contributed by atoms with E-state index in [1.165, 1.54) is 0 Å². The summed E-state index contributed by atoms with van der Waals surface area (Å²) in [6.45, 7) is 7.48. The SMILES string of the molecule is CC1(C)CC(=O)c2c([nH]c(-c3ccncc3)c2Cc2cccc(C3(C)OCCO3)c2)C1. The largest absolute Gasteiger partial charge is 0.358 e. The number of pyridine rings is 1. The summed E-state index contributed by atoms with van der Waals surface area (Å²) in [6.07, 6.45) is 5.69. The lowest BCUT2D eigenvalue weighted by Gasteiger charge is -2.28. The van der Waals surface area contributed by atoms with Crippen LogP contribution in [0.15, 0.2) is 48.8 Å². The summed E-state index contributed by atoms with van der Waals surface area (Å²) in [5.41, 5.74) is 7.16. The first-order chi connectivity index (χ1) is 14.8. The van der Waals surface area contributed by atoms with Crippen molar-refractivity contribution in [1.29, 1.82) is 0 Å². The van der Waals surface area contributed by atoms with Gasteiger partial charge in [-0.15, -0.1) is 0 Å². The van der Waals surface area contributed by atoms with Gasteiger partial charge in [0.2, 0.25) is 0 Å². The maximum atomic E-state index is 13.2. The highest BCUT2D eigenvalue weighted by molar-refractivity contribution is 6.02. The Morgan fingerprint density at radius 2 is 1.77 bits per heavy atom. The summed E-state index contributed by atoms with van der Waals surface area (Å²) in [6, 6.07) is 12.3. The predicted molar refractivity (Wildman–Crippen MR) is 119 cm³/mol. The average molecular weight is 417 g/mol. The standard InChI is InChI=1S/C26H28N2O3/c1-25(2)15-21-23(22(29)16-25)20(24(28-21)18-7-9-27-10-8-18)14-17-5-4-6-19(13-17)26(3)30-11-12-31-26/h4-10,13,28H,11-12,14-16H2,1-3H3. The van der Waals surface area contributed by atoms with Crippen molar-refractivity contribution < 1.29 is 14.3 Å². The van der Waals surface area contributed by atoms with E-state index in [0.29, 0.717) is 26.1 Å². The fourth-order valence-electron chi connectivity index (χ4n) is 4.92. The molecule has 3 aromatic rings. The molecule has 0 unspecified atom stereocenters. The molecule has 0 radical (unpaired) electrons. The number of rotatable bonds is 4. The molecule has 3 heterocycles. The number of nitrogens with zero attached hydrogens (tertiary/aromatic N) is 1. The minimum atomic E-state index is -0.707. The van der Waals surface area contributed by atoms with Crippen LogP contribution >= 0.6 is 0 Å². The van der Waals surface area contributed by atoms with E-state index < -0.39 is 5.79 Å². The Morgan fingerprint density at radius 1 is 1.03 bits per heavy atom. The molecule has 1 aromatic carbocycles. The minimum Gasteiger partial charge on any atom is -0.358 e. The zero-order valence-corrected chi connectivity index (χ0v) is 18.3.